The van der Waals surface area contributed by atoms with Gasteiger partial charge >= 0.3 is 0 Å². The van der Waals surface area contributed by atoms with Gasteiger partial charge < -0.3 is 9.32 Å². The van der Waals surface area contributed by atoms with Crippen LogP contribution in [0.2, 0.25) is 0 Å². The molecule has 118 valence electrons. The number of hydrogen-bond donors (Lipinski definition) is 0. The maximum Gasteiger partial charge on any atom is 0.258 e. The zero-order valence-electron chi connectivity index (χ0n) is 13.3. The van der Waals surface area contributed by atoms with Crippen molar-refractivity contribution < 1.29 is 9.21 Å². The molecule has 0 unspecified atom stereocenters. The molecule has 3 aromatic rings. The number of nitriles is 1. The van der Waals surface area contributed by atoms with E-state index in [-0.39, 0.29) is 5.91 Å². The molecule has 0 aliphatic rings. The van der Waals surface area contributed by atoms with E-state index in [2.05, 4.69) is 6.07 Å². The minimum absolute atomic E-state index is 0.174. The van der Waals surface area contributed by atoms with Gasteiger partial charge in [0.15, 0.2) is 0 Å². The van der Waals surface area contributed by atoms with Crippen LogP contribution >= 0.6 is 0 Å². The second-order valence-electron chi connectivity index (χ2n) is 5.50. The summed E-state index contributed by atoms with van der Waals surface area (Å²) in [6, 6.07) is 20.1. The van der Waals surface area contributed by atoms with Crippen molar-refractivity contribution in [3.63, 3.8) is 0 Å². The fourth-order valence-corrected chi connectivity index (χ4v) is 2.44. The lowest BCUT2D eigenvalue weighted by atomic mass is 10.1. The Morgan fingerprint density at radius 2 is 1.92 bits per heavy atom. The first-order valence-corrected chi connectivity index (χ1v) is 7.58. The molecular formula is C20H16N2O2. The van der Waals surface area contributed by atoms with Crippen LogP contribution in [0.15, 0.2) is 71.3 Å². The van der Waals surface area contributed by atoms with Crippen LogP contribution in [0.4, 0.5) is 5.69 Å². The SMILES string of the molecule is Cc1ccc(N(Cc2ccco2)C(=O)c2cccc(C#N)c2)cc1. The van der Waals surface area contributed by atoms with Gasteiger partial charge in [-0.3, -0.25) is 4.79 Å². The first kappa shape index (κ1) is 15.6. The fourth-order valence-electron chi connectivity index (χ4n) is 2.44. The summed E-state index contributed by atoms with van der Waals surface area (Å²) in [6.45, 7) is 2.32. The first-order valence-electron chi connectivity index (χ1n) is 7.58. The van der Waals surface area contributed by atoms with Crippen LogP contribution < -0.4 is 4.90 Å². The van der Waals surface area contributed by atoms with Crippen LogP contribution in [0.3, 0.4) is 0 Å². The van der Waals surface area contributed by atoms with Crippen molar-refractivity contribution in [3.05, 3.63) is 89.4 Å². The van der Waals surface area contributed by atoms with E-state index in [4.69, 9.17) is 9.68 Å². The normalized spacial score (nSPS) is 10.2. The quantitative estimate of drug-likeness (QED) is 0.721. The number of rotatable bonds is 4. The molecule has 1 aromatic heterocycles. The minimum atomic E-state index is -0.174. The van der Waals surface area contributed by atoms with Gasteiger partial charge in [0.05, 0.1) is 24.4 Å². The molecule has 0 spiro atoms. The molecule has 0 aliphatic carbocycles. The summed E-state index contributed by atoms with van der Waals surface area (Å²) >= 11 is 0. The Labute approximate surface area is 140 Å². The van der Waals surface area contributed by atoms with E-state index in [0.717, 1.165) is 11.3 Å². The van der Waals surface area contributed by atoms with E-state index in [1.165, 1.54) is 0 Å². The van der Waals surface area contributed by atoms with E-state index < -0.39 is 0 Å². The number of carbonyl (C=O) groups excluding carboxylic acids is 1. The predicted octanol–water partition coefficient (Wildman–Crippen LogP) is 4.31. The molecule has 2 aromatic carbocycles. The zero-order chi connectivity index (χ0) is 16.9. The van der Waals surface area contributed by atoms with Crippen LogP contribution in [0.5, 0.6) is 0 Å². The number of furan rings is 1. The Kier molecular flexibility index (Phi) is 4.44. The van der Waals surface area contributed by atoms with Crippen LogP contribution in [0, 0.1) is 18.3 Å². The van der Waals surface area contributed by atoms with E-state index in [9.17, 15) is 4.79 Å². The van der Waals surface area contributed by atoms with Crippen LogP contribution in [0.25, 0.3) is 0 Å². The van der Waals surface area contributed by atoms with Crippen LogP contribution in [-0.4, -0.2) is 5.91 Å². The summed E-state index contributed by atoms with van der Waals surface area (Å²) < 4.78 is 5.39. The van der Waals surface area contributed by atoms with E-state index in [0.29, 0.717) is 23.4 Å². The summed E-state index contributed by atoms with van der Waals surface area (Å²) in [6.07, 6.45) is 1.59. The third-order valence-corrected chi connectivity index (χ3v) is 3.72. The molecule has 0 saturated carbocycles. The third-order valence-electron chi connectivity index (χ3n) is 3.72. The Hall–Kier alpha value is -3.32. The maximum atomic E-state index is 13.0. The minimum Gasteiger partial charge on any atom is -0.467 e. The molecule has 4 heteroatoms. The Bertz CT molecular complexity index is 875. The monoisotopic (exact) mass is 316 g/mol. The van der Waals surface area contributed by atoms with E-state index in [1.54, 1.807) is 41.5 Å². The predicted molar refractivity (Wildman–Crippen MR) is 91.6 cm³/mol. The van der Waals surface area contributed by atoms with E-state index >= 15 is 0 Å². The molecule has 24 heavy (non-hydrogen) atoms. The maximum absolute atomic E-state index is 13.0. The smallest absolute Gasteiger partial charge is 0.258 e. The van der Waals surface area contributed by atoms with Crippen molar-refractivity contribution in [2.24, 2.45) is 0 Å². The number of amides is 1. The lowest BCUT2D eigenvalue weighted by Gasteiger charge is -2.22. The average Bonchev–Trinajstić information content (AvgIpc) is 3.13. The molecular weight excluding hydrogens is 300 g/mol. The summed E-state index contributed by atoms with van der Waals surface area (Å²) in [5.41, 5.74) is 2.84. The van der Waals surface area contributed by atoms with Crippen molar-refractivity contribution >= 4 is 11.6 Å². The number of anilines is 1. The number of aryl methyl sites for hydroxylation is 1. The van der Waals surface area contributed by atoms with E-state index in [1.807, 2.05) is 37.3 Å². The van der Waals surface area contributed by atoms with Gasteiger partial charge in [-0.1, -0.05) is 23.8 Å². The largest absolute Gasteiger partial charge is 0.467 e. The highest BCUT2D eigenvalue weighted by Gasteiger charge is 2.19. The highest BCUT2D eigenvalue weighted by Crippen LogP contribution is 2.21. The lowest BCUT2D eigenvalue weighted by Crippen LogP contribution is -2.30. The van der Waals surface area contributed by atoms with Crippen molar-refractivity contribution in [2.75, 3.05) is 4.90 Å². The van der Waals surface area contributed by atoms with Gasteiger partial charge in [0.1, 0.15) is 5.76 Å². The molecule has 0 N–H and O–H groups in total. The van der Waals surface area contributed by atoms with Gasteiger partial charge in [0, 0.05) is 11.3 Å². The van der Waals surface area contributed by atoms with Gasteiger partial charge in [-0.2, -0.15) is 5.26 Å². The molecule has 0 bridgehead atoms. The highest BCUT2D eigenvalue weighted by atomic mass is 16.3. The second-order valence-corrected chi connectivity index (χ2v) is 5.50. The zero-order valence-corrected chi connectivity index (χ0v) is 13.3. The topological polar surface area (TPSA) is 57.2 Å². The molecule has 0 radical (unpaired) electrons. The van der Waals surface area contributed by atoms with Crippen molar-refractivity contribution in [1.29, 1.82) is 5.26 Å². The molecule has 0 fully saturated rings. The molecule has 3 rings (SSSR count). The van der Waals surface area contributed by atoms with Crippen molar-refractivity contribution in [2.45, 2.75) is 13.5 Å². The van der Waals surface area contributed by atoms with Gasteiger partial charge in [0.25, 0.3) is 5.91 Å². The third kappa shape index (κ3) is 3.36. The van der Waals surface area contributed by atoms with Crippen LogP contribution in [-0.2, 0) is 6.54 Å². The summed E-state index contributed by atoms with van der Waals surface area (Å²) in [5, 5.41) is 9.05. The standard InChI is InChI=1S/C20H16N2O2/c1-15-7-9-18(10-8-15)22(14-19-6-3-11-24-19)20(23)17-5-2-4-16(12-17)13-21/h2-12H,14H2,1H3. The van der Waals surface area contributed by atoms with Crippen LogP contribution in [0.1, 0.15) is 27.2 Å². The summed E-state index contributed by atoms with van der Waals surface area (Å²) in [7, 11) is 0. The average molecular weight is 316 g/mol. The Balaban J connectivity index is 1.98. The van der Waals surface area contributed by atoms with Gasteiger partial charge in [-0.15, -0.1) is 0 Å². The Morgan fingerprint density at radius 3 is 2.58 bits per heavy atom. The lowest BCUT2D eigenvalue weighted by molar-refractivity contribution is 0.0983. The molecule has 0 atom stereocenters. The molecule has 1 heterocycles. The van der Waals surface area contributed by atoms with Crippen molar-refractivity contribution in [1.82, 2.24) is 0 Å². The molecule has 0 saturated heterocycles. The summed E-state index contributed by atoms with van der Waals surface area (Å²) in [4.78, 5) is 14.6. The number of hydrogen-bond acceptors (Lipinski definition) is 3. The molecule has 1 amide bonds. The van der Waals surface area contributed by atoms with Gasteiger partial charge in [-0.25, -0.2) is 0 Å². The second kappa shape index (κ2) is 6.84. The Morgan fingerprint density at radius 1 is 1.12 bits per heavy atom. The first-order chi connectivity index (χ1) is 11.7. The van der Waals surface area contributed by atoms with Crippen molar-refractivity contribution in [3.8, 4) is 6.07 Å². The molecule has 4 nitrogen and oxygen atoms in total. The number of benzene rings is 2. The van der Waals surface area contributed by atoms with Gasteiger partial charge in [0.2, 0.25) is 0 Å². The fraction of sp³-hybridized carbons (Fsp3) is 0.100. The number of nitrogens with zero attached hydrogens (tertiary/aromatic N) is 2. The number of carbonyl (C=O) groups is 1. The summed E-state index contributed by atoms with van der Waals surface area (Å²) in [5.74, 6) is 0.521. The highest BCUT2D eigenvalue weighted by molar-refractivity contribution is 6.06. The van der Waals surface area contributed by atoms with Gasteiger partial charge in [-0.05, 0) is 49.4 Å². The molecule has 0 aliphatic heterocycles.